The number of para-hydroxylation sites is 2. The lowest BCUT2D eigenvalue weighted by atomic mass is 10.2. The third-order valence-electron chi connectivity index (χ3n) is 2.95. The van der Waals surface area contributed by atoms with Gasteiger partial charge in [0.05, 0.1) is 11.4 Å². The van der Waals surface area contributed by atoms with Gasteiger partial charge in [0.1, 0.15) is 0 Å². The number of hydrogen-bond donors (Lipinski definition) is 1. The van der Waals surface area contributed by atoms with Crippen molar-refractivity contribution in [2.45, 2.75) is 26.2 Å². The largest absolute Gasteiger partial charge is 0.370 e. The van der Waals surface area contributed by atoms with Crippen LogP contribution in [-0.4, -0.2) is 19.0 Å². The summed E-state index contributed by atoms with van der Waals surface area (Å²) < 4.78 is 0. The van der Waals surface area contributed by atoms with Gasteiger partial charge in [-0.25, -0.2) is 0 Å². The summed E-state index contributed by atoms with van der Waals surface area (Å²) in [5.74, 6) is 0.0756. The number of amides is 1. The molecule has 3 nitrogen and oxygen atoms in total. The lowest BCUT2D eigenvalue weighted by Crippen LogP contribution is -2.20. The number of anilines is 2. The van der Waals surface area contributed by atoms with E-state index in [0.29, 0.717) is 6.42 Å². The molecule has 1 fully saturated rings. The molecular formula is C13H18N2O. The van der Waals surface area contributed by atoms with Gasteiger partial charge >= 0.3 is 0 Å². The number of nitrogens with one attached hydrogen (secondary N) is 1. The van der Waals surface area contributed by atoms with Crippen LogP contribution in [0.2, 0.25) is 0 Å². The van der Waals surface area contributed by atoms with Gasteiger partial charge in [-0.05, 0) is 25.0 Å². The maximum absolute atomic E-state index is 11.4. The molecule has 1 N–H and O–H groups in total. The first kappa shape index (κ1) is 11.0. The van der Waals surface area contributed by atoms with Crippen molar-refractivity contribution in [1.82, 2.24) is 0 Å². The Labute approximate surface area is 96.5 Å². The molecule has 0 unspecified atom stereocenters. The van der Waals surface area contributed by atoms with E-state index in [1.165, 1.54) is 12.8 Å². The quantitative estimate of drug-likeness (QED) is 0.845. The molecule has 1 aromatic rings. The molecule has 16 heavy (non-hydrogen) atoms. The molecular weight excluding hydrogens is 200 g/mol. The molecule has 0 bridgehead atoms. The van der Waals surface area contributed by atoms with E-state index in [4.69, 9.17) is 0 Å². The normalized spacial score (nSPS) is 15.2. The van der Waals surface area contributed by atoms with Gasteiger partial charge in [-0.3, -0.25) is 4.79 Å². The second kappa shape index (κ2) is 5.01. The number of nitrogens with zero attached hydrogens (tertiary/aromatic N) is 1. The number of carbonyl (C=O) groups excluding carboxylic acids is 1. The molecule has 1 saturated heterocycles. The molecule has 0 saturated carbocycles. The van der Waals surface area contributed by atoms with Crippen LogP contribution in [-0.2, 0) is 4.79 Å². The zero-order valence-corrected chi connectivity index (χ0v) is 9.70. The first-order chi connectivity index (χ1) is 7.81. The highest BCUT2D eigenvalue weighted by atomic mass is 16.1. The summed E-state index contributed by atoms with van der Waals surface area (Å²) in [5.41, 5.74) is 2.10. The highest BCUT2D eigenvalue weighted by Crippen LogP contribution is 2.28. The Kier molecular flexibility index (Phi) is 3.44. The maximum atomic E-state index is 11.4. The van der Waals surface area contributed by atoms with Gasteiger partial charge in [0.2, 0.25) is 5.91 Å². The average Bonchev–Trinajstić information content (AvgIpc) is 2.83. The maximum Gasteiger partial charge on any atom is 0.224 e. The average molecular weight is 218 g/mol. The SMILES string of the molecule is CCC(=O)Nc1ccccc1N1CCCC1. The smallest absolute Gasteiger partial charge is 0.224 e. The van der Waals surface area contributed by atoms with Crippen molar-refractivity contribution >= 4 is 17.3 Å². The van der Waals surface area contributed by atoms with Crippen molar-refractivity contribution in [3.63, 3.8) is 0 Å². The van der Waals surface area contributed by atoms with Crippen molar-refractivity contribution in [3.8, 4) is 0 Å². The topological polar surface area (TPSA) is 32.3 Å². The fraction of sp³-hybridized carbons (Fsp3) is 0.462. The van der Waals surface area contributed by atoms with Crippen LogP contribution in [0.15, 0.2) is 24.3 Å². The molecule has 0 aromatic heterocycles. The Hall–Kier alpha value is -1.51. The minimum atomic E-state index is 0.0756. The Morgan fingerprint density at radius 2 is 2.00 bits per heavy atom. The summed E-state index contributed by atoms with van der Waals surface area (Å²) in [6, 6.07) is 8.04. The van der Waals surface area contributed by atoms with Gasteiger partial charge in [-0.15, -0.1) is 0 Å². The molecule has 0 aliphatic carbocycles. The third kappa shape index (κ3) is 2.35. The number of benzene rings is 1. The molecule has 1 amide bonds. The van der Waals surface area contributed by atoms with Crippen LogP contribution in [0.4, 0.5) is 11.4 Å². The van der Waals surface area contributed by atoms with Gasteiger partial charge in [-0.2, -0.15) is 0 Å². The monoisotopic (exact) mass is 218 g/mol. The van der Waals surface area contributed by atoms with Crippen LogP contribution < -0.4 is 10.2 Å². The standard InChI is InChI=1S/C13H18N2O/c1-2-13(16)14-11-7-3-4-8-12(11)15-9-5-6-10-15/h3-4,7-8H,2,5-6,9-10H2,1H3,(H,14,16). The molecule has 0 radical (unpaired) electrons. The van der Waals surface area contributed by atoms with E-state index in [0.717, 1.165) is 24.5 Å². The molecule has 1 aromatic carbocycles. The van der Waals surface area contributed by atoms with Crippen molar-refractivity contribution < 1.29 is 4.79 Å². The highest BCUT2D eigenvalue weighted by molar-refractivity contribution is 5.94. The molecule has 0 atom stereocenters. The van der Waals surface area contributed by atoms with Crippen LogP contribution >= 0.6 is 0 Å². The fourth-order valence-electron chi connectivity index (χ4n) is 2.05. The number of hydrogen-bond acceptors (Lipinski definition) is 2. The van der Waals surface area contributed by atoms with E-state index in [1.54, 1.807) is 0 Å². The Balaban J connectivity index is 2.19. The molecule has 86 valence electrons. The molecule has 0 spiro atoms. The molecule has 1 aliphatic heterocycles. The molecule has 2 rings (SSSR count). The minimum absolute atomic E-state index is 0.0756. The summed E-state index contributed by atoms with van der Waals surface area (Å²) in [6.45, 7) is 4.06. The predicted molar refractivity (Wildman–Crippen MR) is 66.8 cm³/mol. The van der Waals surface area contributed by atoms with Crippen LogP contribution in [0.5, 0.6) is 0 Å². The van der Waals surface area contributed by atoms with Crippen molar-refractivity contribution in [1.29, 1.82) is 0 Å². The molecule has 1 aliphatic rings. The summed E-state index contributed by atoms with van der Waals surface area (Å²) >= 11 is 0. The van der Waals surface area contributed by atoms with Crippen molar-refractivity contribution in [2.24, 2.45) is 0 Å². The van der Waals surface area contributed by atoms with Crippen LogP contribution in [0, 0.1) is 0 Å². The van der Waals surface area contributed by atoms with Crippen LogP contribution in [0.25, 0.3) is 0 Å². The highest BCUT2D eigenvalue weighted by Gasteiger charge is 2.15. The minimum Gasteiger partial charge on any atom is -0.370 e. The van der Waals surface area contributed by atoms with E-state index in [2.05, 4.69) is 16.3 Å². The second-order valence-corrected chi connectivity index (χ2v) is 4.11. The van der Waals surface area contributed by atoms with Crippen LogP contribution in [0.3, 0.4) is 0 Å². The zero-order valence-electron chi connectivity index (χ0n) is 9.70. The molecule has 3 heteroatoms. The van der Waals surface area contributed by atoms with Crippen LogP contribution in [0.1, 0.15) is 26.2 Å². The van der Waals surface area contributed by atoms with Gasteiger partial charge < -0.3 is 10.2 Å². The fourth-order valence-corrected chi connectivity index (χ4v) is 2.05. The van der Waals surface area contributed by atoms with Gasteiger partial charge in [-0.1, -0.05) is 19.1 Å². The van der Waals surface area contributed by atoms with Gasteiger partial charge in [0.25, 0.3) is 0 Å². The van der Waals surface area contributed by atoms with E-state index in [9.17, 15) is 4.79 Å². The summed E-state index contributed by atoms with van der Waals surface area (Å²) in [7, 11) is 0. The number of rotatable bonds is 3. The lowest BCUT2D eigenvalue weighted by molar-refractivity contribution is -0.115. The second-order valence-electron chi connectivity index (χ2n) is 4.11. The first-order valence-electron chi connectivity index (χ1n) is 5.95. The van der Waals surface area contributed by atoms with E-state index in [-0.39, 0.29) is 5.91 Å². The van der Waals surface area contributed by atoms with Gasteiger partial charge in [0, 0.05) is 19.5 Å². The summed E-state index contributed by atoms with van der Waals surface area (Å²) in [6.07, 6.45) is 3.01. The summed E-state index contributed by atoms with van der Waals surface area (Å²) in [5, 5.41) is 2.96. The predicted octanol–water partition coefficient (Wildman–Crippen LogP) is 2.64. The van der Waals surface area contributed by atoms with E-state index < -0.39 is 0 Å². The Morgan fingerprint density at radius 3 is 2.69 bits per heavy atom. The van der Waals surface area contributed by atoms with E-state index >= 15 is 0 Å². The third-order valence-corrected chi connectivity index (χ3v) is 2.95. The van der Waals surface area contributed by atoms with E-state index in [1.807, 2.05) is 25.1 Å². The first-order valence-corrected chi connectivity index (χ1v) is 5.95. The summed E-state index contributed by atoms with van der Waals surface area (Å²) in [4.78, 5) is 13.8. The van der Waals surface area contributed by atoms with Crippen molar-refractivity contribution in [2.75, 3.05) is 23.3 Å². The number of carbonyl (C=O) groups is 1. The van der Waals surface area contributed by atoms with Gasteiger partial charge in [0.15, 0.2) is 0 Å². The molecule has 1 heterocycles. The Morgan fingerprint density at radius 1 is 1.31 bits per heavy atom. The lowest BCUT2D eigenvalue weighted by Gasteiger charge is -2.21. The van der Waals surface area contributed by atoms with Crippen molar-refractivity contribution in [3.05, 3.63) is 24.3 Å². The zero-order chi connectivity index (χ0) is 11.4. The Bertz CT molecular complexity index is 370.